The summed E-state index contributed by atoms with van der Waals surface area (Å²) < 4.78 is 23.9. The van der Waals surface area contributed by atoms with Gasteiger partial charge in [-0.3, -0.25) is 4.79 Å². The van der Waals surface area contributed by atoms with Gasteiger partial charge in [-0.15, -0.1) is 0 Å². The number of primary amides is 1. The maximum atomic E-state index is 13.0. The molecule has 0 fully saturated rings. The zero-order valence-electron chi connectivity index (χ0n) is 26.2. The number of fused-ring (bicyclic) bond motifs is 1. The van der Waals surface area contributed by atoms with Gasteiger partial charge in [0.05, 0.1) is 17.4 Å². The molecule has 0 saturated carbocycles. The zero-order valence-corrected chi connectivity index (χ0v) is 26.2. The topological polar surface area (TPSA) is 150 Å². The van der Waals surface area contributed by atoms with E-state index in [1.807, 2.05) is 72.8 Å². The number of carboxylic acid groups (broad SMARTS) is 1. The minimum Gasteiger partial charge on any atom is -0.508 e. The third-order valence-corrected chi connectivity index (χ3v) is 6.69. The third-order valence-electron chi connectivity index (χ3n) is 6.69. The molecule has 2 aromatic carbocycles. The maximum absolute atomic E-state index is 13.0. The van der Waals surface area contributed by atoms with Gasteiger partial charge in [0.15, 0.2) is 0 Å². The summed E-state index contributed by atoms with van der Waals surface area (Å²) in [7, 11) is 1.66. The summed E-state index contributed by atoms with van der Waals surface area (Å²) in [5.41, 5.74) is 6.95. The largest absolute Gasteiger partial charge is 0.508 e. The summed E-state index contributed by atoms with van der Waals surface area (Å²) >= 11 is 0. The van der Waals surface area contributed by atoms with Crippen LogP contribution in [0.5, 0.6) is 17.2 Å². The lowest BCUT2D eigenvalue weighted by atomic mass is 10.0. The minimum absolute atomic E-state index is 0.0874. The first-order valence-electron chi connectivity index (χ1n) is 13.9. The Bertz CT molecular complexity index is 1370. The molecular weight excluding hydrogens is 552 g/mol. The van der Waals surface area contributed by atoms with Crippen LogP contribution in [0, 0.1) is 5.92 Å². The van der Waals surface area contributed by atoms with Crippen molar-refractivity contribution in [3.8, 4) is 17.2 Å². The molecule has 10 heteroatoms. The van der Waals surface area contributed by atoms with Gasteiger partial charge in [-0.1, -0.05) is 32.1 Å². The van der Waals surface area contributed by atoms with E-state index in [9.17, 15) is 9.90 Å². The van der Waals surface area contributed by atoms with Crippen LogP contribution in [0.1, 0.15) is 70.0 Å². The number of amides is 2. The third kappa shape index (κ3) is 10.5. The van der Waals surface area contributed by atoms with E-state index >= 15 is 0 Å². The lowest BCUT2D eigenvalue weighted by Gasteiger charge is -2.36. The van der Waals surface area contributed by atoms with Crippen molar-refractivity contribution in [1.82, 2.24) is 5.32 Å². The molecule has 0 spiro atoms. The van der Waals surface area contributed by atoms with Crippen molar-refractivity contribution in [3.63, 3.8) is 0 Å². The first kappa shape index (κ1) is 34.9. The molecule has 234 valence electrons. The monoisotopic (exact) mass is 596 g/mol. The van der Waals surface area contributed by atoms with E-state index < -0.39 is 18.0 Å². The number of ether oxygens (including phenoxy) is 4. The zero-order chi connectivity index (χ0) is 32.5. The summed E-state index contributed by atoms with van der Waals surface area (Å²) in [6, 6.07) is 10.3. The van der Waals surface area contributed by atoms with Gasteiger partial charge in [0.2, 0.25) is 6.29 Å². The SMILES string of the molecule is C=C1Oc2cc(OC(OC(C)(C)C(C)OC)C(C)C)ccc2C=C1NC(=O)c1ccc(O)c(CC=C(C)C)c1.NC(=O)O. The van der Waals surface area contributed by atoms with Gasteiger partial charge in [0.25, 0.3) is 5.91 Å². The van der Waals surface area contributed by atoms with Crippen molar-refractivity contribution >= 4 is 18.1 Å². The second-order valence-electron chi connectivity index (χ2n) is 11.2. The fourth-order valence-corrected chi connectivity index (χ4v) is 3.83. The average molecular weight is 597 g/mol. The number of rotatable bonds is 11. The van der Waals surface area contributed by atoms with Gasteiger partial charge in [0, 0.05) is 30.2 Å². The fraction of sp³-hybridized carbons (Fsp3) is 0.394. The van der Waals surface area contributed by atoms with Gasteiger partial charge in [-0.25, -0.2) is 4.79 Å². The first-order chi connectivity index (χ1) is 20.0. The number of nitrogens with one attached hydrogen (secondary N) is 1. The number of methoxy groups -OCH3 is 1. The standard InChI is InChI=1S/C32H41NO6.CH3NO2/c1-19(2)10-11-23-16-25(13-15-28(23)34)30(35)33-27-17-24-12-14-26(18-29(24)37-21(27)5)38-31(20(3)4)39-32(7,8)22(6)36-9;2-1(3)4/h10,12-18,20,22,31,34H,5,11H2,1-4,6-9H3,(H,33,35);2H2,(H,3,4). The van der Waals surface area contributed by atoms with Crippen molar-refractivity contribution < 1.29 is 38.7 Å². The molecule has 10 nitrogen and oxygen atoms in total. The minimum atomic E-state index is -1.33. The second kappa shape index (κ2) is 15.3. The molecule has 0 radical (unpaired) electrons. The Balaban J connectivity index is 0.00000151. The number of hydrogen-bond acceptors (Lipinski definition) is 7. The summed E-state index contributed by atoms with van der Waals surface area (Å²) in [4.78, 5) is 21.8. The highest BCUT2D eigenvalue weighted by molar-refractivity contribution is 5.97. The summed E-state index contributed by atoms with van der Waals surface area (Å²) in [5.74, 6) is 1.39. The van der Waals surface area contributed by atoms with Crippen molar-refractivity contribution in [2.45, 2.75) is 72.9 Å². The van der Waals surface area contributed by atoms with Crippen LogP contribution in [0.4, 0.5) is 4.79 Å². The summed E-state index contributed by atoms with van der Waals surface area (Å²) in [5, 5.41) is 20.2. The van der Waals surface area contributed by atoms with Crippen molar-refractivity contribution in [3.05, 3.63) is 82.8 Å². The fourth-order valence-electron chi connectivity index (χ4n) is 3.83. The van der Waals surface area contributed by atoms with E-state index in [0.29, 0.717) is 40.5 Å². The number of nitrogens with two attached hydrogens (primary N) is 1. The van der Waals surface area contributed by atoms with Crippen LogP contribution in [0.25, 0.3) is 6.08 Å². The molecule has 1 aliphatic rings. The Hall–Kier alpha value is -4.28. The van der Waals surface area contributed by atoms with Crippen molar-refractivity contribution in [1.29, 1.82) is 0 Å². The second-order valence-corrected chi connectivity index (χ2v) is 11.2. The number of benzene rings is 2. The van der Waals surface area contributed by atoms with Gasteiger partial charge in [-0.2, -0.15) is 0 Å². The molecule has 2 atom stereocenters. The Labute approximate surface area is 253 Å². The quantitative estimate of drug-likeness (QED) is 0.172. The van der Waals surface area contributed by atoms with E-state index in [-0.39, 0.29) is 23.7 Å². The van der Waals surface area contributed by atoms with Gasteiger partial charge in [-0.05, 0) is 83.0 Å². The van der Waals surface area contributed by atoms with Crippen molar-refractivity contribution in [2.75, 3.05) is 7.11 Å². The van der Waals surface area contributed by atoms with E-state index in [4.69, 9.17) is 28.8 Å². The predicted octanol–water partition coefficient (Wildman–Crippen LogP) is 6.39. The van der Waals surface area contributed by atoms with E-state index in [1.54, 1.807) is 25.3 Å². The molecule has 1 aliphatic heterocycles. The Morgan fingerprint density at radius 2 is 1.79 bits per heavy atom. The molecule has 2 aromatic rings. The first-order valence-corrected chi connectivity index (χ1v) is 13.9. The van der Waals surface area contributed by atoms with E-state index in [2.05, 4.69) is 17.6 Å². The van der Waals surface area contributed by atoms with Crippen LogP contribution >= 0.6 is 0 Å². The van der Waals surface area contributed by atoms with Crippen LogP contribution in [0.15, 0.2) is 66.1 Å². The lowest BCUT2D eigenvalue weighted by Crippen LogP contribution is -2.44. The number of aromatic hydroxyl groups is 1. The molecule has 1 heterocycles. The normalized spacial score (nSPS) is 13.8. The number of carbonyl (C=O) groups excluding carboxylic acids is 1. The molecule has 0 aromatic heterocycles. The number of carbonyl (C=O) groups is 2. The molecule has 43 heavy (non-hydrogen) atoms. The molecule has 2 unspecified atom stereocenters. The molecule has 0 aliphatic carbocycles. The lowest BCUT2D eigenvalue weighted by molar-refractivity contribution is -0.211. The Morgan fingerprint density at radius 1 is 1.14 bits per heavy atom. The number of hydrogen-bond donors (Lipinski definition) is 4. The molecular formula is C33H44N2O8. The average Bonchev–Trinajstić information content (AvgIpc) is 2.91. The highest BCUT2D eigenvalue weighted by Crippen LogP contribution is 2.35. The number of phenolic OH excluding ortho intramolecular Hbond substituents is 1. The maximum Gasteiger partial charge on any atom is 0.402 e. The van der Waals surface area contributed by atoms with Crippen LogP contribution in [0.3, 0.4) is 0 Å². The van der Waals surface area contributed by atoms with Crippen LogP contribution < -0.4 is 20.5 Å². The highest BCUT2D eigenvalue weighted by atomic mass is 16.7. The van der Waals surface area contributed by atoms with Gasteiger partial charge >= 0.3 is 6.09 Å². The number of allylic oxidation sites excluding steroid dienone is 2. The summed E-state index contributed by atoms with van der Waals surface area (Å²) in [6.45, 7) is 17.9. The van der Waals surface area contributed by atoms with Crippen LogP contribution in [-0.2, 0) is 15.9 Å². The number of phenols is 1. The van der Waals surface area contributed by atoms with Gasteiger partial charge < -0.3 is 40.2 Å². The van der Waals surface area contributed by atoms with E-state index in [1.165, 1.54) is 6.07 Å². The molecule has 3 rings (SSSR count). The molecule has 0 bridgehead atoms. The molecule has 2 amide bonds. The highest BCUT2D eigenvalue weighted by Gasteiger charge is 2.33. The Morgan fingerprint density at radius 3 is 2.37 bits per heavy atom. The Kier molecular flexibility index (Phi) is 12.4. The molecule has 0 saturated heterocycles. The predicted molar refractivity (Wildman–Crippen MR) is 166 cm³/mol. The summed E-state index contributed by atoms with van der Waals surface area (Å²) in [6.07, 6.45) is 2.40. The van der Waals surface area contributed by atoms with Crippen LogP contribution in [0.2, 0.25) is 0 Å². The molecule has 5 N–H and O–H groups in total. The van der Waals surface area contributed by atoms with Crippen molar-refractivity contribution in [2.24, 2.45) is 11.7 Å². The van der Waals surface area contributed by atoms with Crippen LogP contribution in [-0.4, -0.2) is 47.3 Å². The van der Waals surface area contributed by atoms with Gasteiger partial charge in [0.1, 0.15) is 23.0 Å². The smallest absolute Gasteiger partial charge is 0.402 e. The van der Waals surface area contributed by atoms with E-state index in [0.717, 1.165) is 11.1 Å².